The molecule has 7 nitrogen and oxygen atoms in total. The summed E-state index contributed by atoms with van der Waals surface area (Å²) in [7, 11) is 1.82. The molecule has 0 fully saturated rings. The second kappa shape index (κ2) is 7.00. The summed E-state index contributed by atoms with van der Waals surface area (Å²) in [4.78, 5) is 20.0. The van der Waals surface area contributed by atoms with Gasteiger partial charge in [-0.2, -0.15) is 5.48 Å². The third-order valence-corrected chi connectivity index (χ3v) is 2.30. The predicted molar refractivity (Wildman–Crippen MR) is 61.1 cm³/mol. The van der Waals surface area contributed by atoms with E-state index >= 15 is 0 Å². The Labute approximate surface area is 99.5 Å². The number of aromatic nitrogens is 2. The normalized spacial score (nSPS) is 12.6. The van der Waals surface area contributed by atoms with Gasteiger partial charge in [0.2, 0.25) is 0 Å². The number of aliphatic carboxylic acids is 1. The molecule has 1 unspecified atom stereocenters. The zero-order valence-electron chi connectivity index (χ0n) is 9.80. The van der Waals surface area contributed by atoms with Gasteiger partial charge in [-0.05, 0) is 13.0 Å². The number of imidazole rings is 1. The molecule has 1 heterocycles. The van der Waals surface area contributed by atoms with Crippen LogP contribution in [0.3, 0.4) is 0 Å². The van der Waals surface area contributed by atoms with Crippen LogP contribution >= 0.6 is 0 Å². The molecule has 4 N–H and O–H groups in total. The first-order chi connectivity index (χ1) is 8.15. The van der Waals surface area contributed by atoms with Gasteiger partial charge in [-0.15, -0.1) is 0 Å². The molecule has 0 amide bonds. The fourth-order valence-electron chi connectivity index (χ4n) is 1.28. The number of hydroxylamine groups is 1. The molecule has 96 valence electrons. The maximum absolute atomic E-state index is 11.0. The molecule has 1 rings (SSSR count). The largest absolute Gasteiger partial charge is 0.480 e. The van der Waals surface area contributed by atoms with Crippen molar-refractivity contribution in [2.24, 2.45) is 12.8 Å². The molecule has 0 aliphatic heterocycles. The van der Waals surface area contributed by atoms with E-state index in [9.17, 15) is 4.79 Å². The molecule has 0 bridgehead atoms. The highest BCUT2D eigenvalue weighted by atomic mass is 16.6. The van der Waals surface area contributed by atoms with Crippen LogP contribution in [0.5, 0.6) is 0 Å². The lowest BCUT2D eigenvalue weighted by molar-refractivity contribution is -0.144. The van der Waals surface area contributed by atoms with Crippen molar-refractivity contribution < 1.29 is 14.7 Å². The molecule has 7 heteroatoms. The van der Waals surface area contributed by atoms with Gasteiger partial charge in [0.25, 0.3) is 0 Å². The maximum Gasteiger partial charge on any atom is 0.323 e. The van der Waals surface area contributed by atoms with Crippen LogP contribution in [0.25, 0.3) is 0 Å². The lowest BCUT2D eigenvalue weighted by Crippen LogP contribution is -2.39. The van der Waals surface area contributed by atoms with E-state index in [1.165, 1.54) is 0 Å². The number of rotatable bonds is 8. The first kappa shape index (κ1) is 13.6. The molecule has 1 atom stereocenters. The fourth-order valence-corrected chi connectivity index (χ4v) is 1.28. The minimum absolute atomic E-state index is 0.314. The average Bonchev–Trinajstić information content (AvgIpc) is 2.68. The highest BCUT2D eigenvalue weighted by Crippen LogP contribution is 2.02. The van der Waals surface area contributed by atoms with Crippen molar-refractivity contribution in [2.45, 2.75) is 18.9 Å². The SMILES string of the molecule is Cn1cncc1CC(NOCCCN)C(=O)O. The van der Waals surface area contributed by atoms with Crippen molar-refractivity contribution in [3.05, 3.63) is 18.2 Å². The van der Waals surface area contributed by atoms with Crippen LogP contribution in [0.15, 0.2) is 12.5 Å². The number of nitrogens with two attached hydrogens (primary N) is 1. The molecular weight excluding hydrogens is 224 g/mol. The summed E-state index contributed by atoms with van der Waals surface area (Å²) in [5.41, 5.74) is 8.65. The topological polar surface area (TPSA) is 102 Å². The van der Waals surface area contributed by atoms with Crippen molar-refractivity contribution in [1.82, 2.24) is 15.0 Å². The van der Waals surface area contributed by atoms with Crippen LogP contribution in [0.2, 0.25) is 0 Å². The monoisotopic (exact) mass is 242 g/mol. The average molecular weight is 242 g/mol. The Hall–Kier alpha value is -1.44. The highest BCUT2D eigenvalue weighted by Gasteiger charge is 2.19. The van der Waals surface area contributed by atoms with Gasteiger partial charge in [-0.1, -0.05) is 0 Å². The minimum Gasteiger partial charge on any atom is -0.480 e. The summed E-state index contributed by atoms with van der Waals surface area (Å²) in [6.45, 7) is 0.910. The van der Waals surface area contributed by atoms with Gasteiger partial charge in [-0.3, -0.25) is 4.79 Å². The molecule has 0 saturated carbocycles. The first-order valence-corrected chi connectivity index (χ1v) is 5.40. The summed E-state index contributed by atoms with van der Waals surface area (Å²) >= 11 is 0. The van der Waals surface area contributed by atoms with E-state index in [2.05, 4.69) is 10.5 Å². The fraction of sp³-hybridized carbons (Fsp3) is 0.600. The lowest BCUT2D eigenvalue weighted by atomic mass is 10.2. The van der Waals surface area contributed by atoms with Crippen LogP contribution in [0.1, 0.15) is 12.1 Å². The maximum atomic E-state index is 11.0. The van der Waals surface area contributed by atoms with Gasteiger partial charge in [0.05, 0.1) is 12.9 Å². The summed E-state index contributed by atoms with van der Waals surface area (Å²) in [5, 5.41) is 9.02. The Balaban J connectivity index is 2.44. The predicted octanol–water partition coefficient (Wildman–Crippen LogP) is -0.714. The van der Waals surface area contributed by atoms with Gasteiger partial charge >= 0.3 is 5.97 Å². The van der Waals surface area contributed by atoms with Gasteiger partial charge in [-0.25, -0.2) is 4.98 Å². The van der Waals surface area contributed by atoms with Crippen molar-refractivity contribution >= 4 is 5.97 Å². The smallest absolute Gasteiger partial charge is 0.323 e. The Morgan fingerprint density at radius 1 is 1.76 bits per heavy atom. The summed E-state index contributed by atoms with van der Waals surface area (Å²) in [6.07, 6.45) is 4.26. The summed E-state index contributed by atoms with van der Waals surface area (Å²) in [5.74, 6) is -0.959. The van der Waals surface area contributed by atoms with E-state index in [-0.39, 0.29) is 0 Å². The lowest BCUT2D eigenvalue weighted by Gasteiger charge is -2.14. The Bertz CT molecular complexity index is 353. The Kier molecular flexibility index (Phi) is 5.61. The van der Waals surface area contributed by atoms with E-state index in [0.29, 0.717) is 26.0 Å². The van der Waals surface area contributed by atoms with Crippen molar-refractivity contribution in [3.8, 4) is 0 Å². The molecule has 0 spiro atoms. The van der Waals surface area contributed by atoms with Crippen LogP contribution in [0, 0.1) is 0 Å². The van der Waals surface area contributed by atoms with E-state index < -0.39 is 12.0 Å². The number of hydrogen-bond donors (Lipinski definition) is 3. The standard InChI is InChI=1S/C10H18N4O3/c1-14-7-12-6-8(14)5-9(10(15)16)13-17-4-2-3-11/h6-7,9,13H,2-5,11H2,1H3,(H,15,16). The van der Waals surface area contributed by atoms with Crippen molar-refractivity contribution in [1.29, 1.82) is 0 Å². The summed E-state index contributed by atoms with van der Waals surface area (Å²) < 4.78 is 1.78. The minimum atomic E-state index is -0.959. The number of carboxylic acids is 1. The van der Waals surface area contributed by atoms with Crippen LogP contribution in [0.4, 0.5) is 0 Å². The first-order valence-electron chi connectivity index (χ1n) is 5.40. The van der Waals surface area contributed by atoms with Crippen LogP contribution < -0.4 is 11.2 Å². The van der Waals surface area contributed by atoms with Crippen LogP contribution in [-0.2, 0) is 23.1 Å². The number of carboxylic acid groups (broad SMARTS) is 1. The second-order valence-electron chi connectivity index (χ2n) is 3.70. The molecule has 0 aliphatic carbocycles. The second-order valence-corrected chi connectivity index (χ2v) is 3.70. The third-order valence-electron chi connectivity index (χ3n) is 2.30. The van der Waals surface area contributed by atoms with Crippen molar-refractivity contribution in [3.63, 3.8) is 0 Å². The van der Waals surface area contributed by atoms with E-state index in [0.717, 1.165) is 5.69 Å². The number of nitrogens with zero attached hydrogens (tertiary/aromatic N) is 2. The zero-order chi connectivity index (χ0) is 12.7. The zero-order valence-corrected chi connectivity index (χ0v) is 9.80. The van der Waals surface area contributed by atoms with Crippen LogP contribution in [-0.4, -0.2) is 39.8 Å². The van der Waals surface area contributed by atoms with Gasteiger partial charge in [0, 0.05) is 25.4 Å². The molecule has 0 aliphatic rings. The van der Waals surface area contributed by atoms with Gasteiger partial charge in [0.1, 0.15) is 6.04 Å². The molecule has 1 aromatic rings. The number of carbonyl (C=O) groups is 1. The number of hydrogen-bond acceptors (Lipinski definition) is 5. The van der Waals surface area contributed by atoms with E-state index in [4.69, 9.17) is 15.7 Å². The number of nitrogens with one attached hydrogen (secondary N) is 1. The molecule has 1 aromatic heterocycles. The molecule has 0 aromatic carbocycles. The van der Waals surface area contributed by atoms with Gasteiger partial charge in [0.15, 0.2) is 0 Å². The van der Waals surface area contributed by atoms with E-state index in [1.807, 2.05) is 7.05 Å². The number of aryl methyl sites for hydroxylation is 1. The molecule has 0 radical (unpaired) electrons. The Morgan fingerprint density at radius 3 is 3.06 bits per heavy atom. The van der Waals surface area contributed by atoms with Crippen molar-refractivity contribution in [2.75, 3.05) is 13.2 Å². The quantitative estimate of drug-likeness (QED) is 0.411. The summed E-state index contributed by atoms with van der Waals surface area (Å²) in [6, 6.07) is -0.789. The molecule has 0 saturated heterocycles. The Morgan fingerprint density at radius 2 is 2.53 bits per heavy atom. The third kappa shape index (κ3) is 4.51. The highest BCUT2D eigenvalue weighted by molar-refractivity contribution is 5.73. The molecular formula is C10H18N4O3. The van der Waals surface area contributed by atoms with Gasteiger partial charge < -0.3 is 20.2 Å². The molecule has 17 heavy (non-hydrogen) atoms. The van der Waals surface area contributed by atoms with E-state index in [1.54, 1.807) is 17.1 Å².